The van der Waals surface area contributed by atoms with Crippen LogP contribution in [0.15, 0.2) is 24.3 Å². The topological polar surface area (TPSA) is 83.9 Å². The van der Waals surface area contributed by atoms with E-state index < -0.39 is 12.0 Å². The van der Waals surface area contributed by atoms with Crippen molar-refractivity contribution in [2.45, 2.75) is 51.1 Å². The van der Waals surface area contributed by atoms with Gasteiger partial charge >= 0.3 is 5.97 Å². The zero-order chi connectivity index (χ0) is 18.0. The highest BCUT2D eigenvalue weighted by Gasteiger charge is 2.47. The normalized spacial score (nSPS) is 25.3. The molecule has 134 valence electrons. The summed E-state index contributed by atoms with van der Waals surface area (Å²) in [6.45, 7) is 1.25. The van der Waals surface area contributed by atoms with Crippen LogP contribution < -0.4 is 4.74 Å². The minimum Gasteiger partial charge on any atom is -0.484 e. The lowest BCUT2D eigenvalue weighted by atomic mass is 9.85. The van der Waals surface area contributed by atoms with Gasteiger partial charge in [-0.1, -0.05) is 25.0 Å². The van der Waals surface area contributed by atoms with Crippen LogP contribution in [0, 0.1) is 5.92 Å². The second kappa shape index (κ2) is 7.25. The number of fused-ring (bicyclic) bond motifs is 1. The van der Waals surface area contributed by atoms with Crippen LogP contribution in [-0.4, -0.2) is 46.4 Å². The Morgan fingerprint density at radius 3 is 2.72 bits per heavy atom. The van der Waals surface area contributed by atoms with Crippen LogP contribution in [0.5, 0.6) is 5.75 Å². The molecule has 1 saturated carbocycles. The number of hydrogen-bond donors (Lipinski definition) is 1. The summed E-state index contributed by atoms with van der Waals surface area (Å²) in [5, 5.41) is 9.49. The van der Waals surface area contributed by atoms with Gasteiger partial charge < -0.3 is 14.7 Å². The van der Waals surface area contributed by atoms with Gasteiger partial charge in [0.25, 0.3) is 5.91 Å². The summed E-state index contributed by atoms with van der Waals surface area (Å²) in [6.07, 6.45) is 4.51. The van der Waals surface area contributed by atoms with E-state index in [1.165, 1.54) is 11.8 Å². The summed E-state index contributed by atoms with van der Waals surface area (Å²) in [5.74, 6) is -0.601. The SMILES string of the molecule is CC(=O)c1cccc(OCC(=O)N2[C@H](C(=O)O)C[C@@H]3CCCC[C@@H]32)c1. The van der Waals surface area contributed by atoms with Crippen molar-refractivity contribution in [2.24, 2.45) is 5.92 Å². The second-order valence-corrected chi connectivity index (χ2v) is 6.88. The predicted octanol–water partition coefficient (Wildman–Crippen LogP) is 2.51. The highest BCUT2D eigenvalue weighted by Crippen LogP contribution is 2.39. The quantitative estimate of drug-likeness (QED) is 0.829. The molecule has 2 fully saturated rings. The number of carbonyl (C=O) groups is 3. The minimum absolute atomic E-state index is 0.00880. The summed E-state index contributed by atoms with van der Waals surface area (Å²) in [5.41, 5.74) is 0.516. The van der Waals surface area contributed by atoms with Crippen LogP contribution in [0.3, 0.4) is 0 Å². The van der Waals surface area contributed by atoms with Crippen molar-refractivity contribution in [3.63, 3.8) is 0 Å². The molecule has 1 heterocycles. The van der Waals surface area contributed by atoms with Crippen LogP contribution in [0.2, 0.25) is 0 Å². The molecule has 0 spiro atoms. The van der Waals surface area contributed by atoms with Crippen molar-refractivity contribution >= 4 is 17.7 Å². The highest BCUT2D eigenvalue weighted by molar-refractivity contribution is 5.94. The van der Waals surface area contributed by atoms with Gasteiger partial charge in [-0.05, 0) is 44.2 Å². The van der Waals surface area contributed by atoms with E-state index in [0.29, 0.717) is 17.7 Å². The van der Waals surface area contributed by atoms with E-state index in [1.54, 1.807) is 24.3 Å². The summed E-state index contributed by atoms with van der Waals surface area (Å²) in [4.78, 5) is 37.2. The number of Topliss-reactive ketones (excluding diaryl/α,β-unsaturated/α-hetero) is 1. The Labute approximate surface area is 146 Å². The Bertz CT molecular complexity index is 686. The number of rotatable bonds is 5. The second-order valence-electron chi connectivity index (χ2n) is 6.88. The number of likely N-dealkylation sites (tertiary alicyclic amines) is 1. The van der Waals surface area contributed by atoms with Crippen molar-refractivity contribution in [1.82, 2.24) is 4.90 Å². The first-order valence-corrected chi connectivity index (χ1v) is 8.75. The lowest BCUT2D eigenvalue weighted by molar-refractivity contribution is -0.150. The molecule has 1 N–H and O–H groups in total. The number of benzene rings is 1. The first-order chi connectivity index (χ1) is 12.0. The molecule has 6 heteroatoms. The Morgan fingerprint density at radius 2 is 2.00 bits per heavy atom. The molecule has 6 nitrogen and oxygen atoms in total. The van der Waals surface area contributed by atoms with Crippen LogP contribution in [-0.2, 0) is 9.59 Å². The largest absolute Gasteiger partial charge is 0.484 e. The fourth-order valence-electron chi connectivity index (χ4n) is 4.06. The van der Waals surface area contributed by atoms with Gasteiger partial charge in [0.05, 0.1) is 0 Å². The summed E-state index contributed by atoms with van der Waals surface area (Å²) in [7, 11) is 0. The minimum atomic E-state index is -0.943. The summed E-state index contributed by atoms with van der Waals surface area (Å²) < 4.78 is 5.54. The standard InChI is InChI=1S/C19H23NO5/c1-12(21)13-6-4-7-15(9-13)25-11-18(22)20-16-8-3-2-5-14(16)10-17(20)19(23)24/h4,6-7,9,14,16-17H,2-3,5,8,10-11H2,1H3,(H,23,24)/t14-,16-,17-/m0/s1. The summed E-state index contributed by atoms with van der Waals surface area (Å²) >= 11 is 0. The first-order valence-electron chi connectivity index (χ1n) is 8.75. The third-order valence-corrected chi connectivity index (χ3v) is 5.26. The van der Waals surface area contributed by atoms with Gasteiger partial charge in [-0.2, -0.15) is 0 Å². The van der Waals surface area contributed by atoms with Crippen LogP contribution in [0.25, 0.3) is 0 Å². The van der Waals surface area contributed by atoms with Crippen LogP contribution in [0.4, 0.5) is 0 Å². The Hall–Kier alpha value is -2.37. The fourth-order valence-corrected chi connectivity index (χ4v) is 4.06. The van der Waals surface area contributed by atoms with Gasteiger partial charge in [0, 0.05) is 11.6 Å². The molecule has 3 atom stereocenters. The average molecular weight is 345 g/mol. The highest BCUT2D eigenvalue weighted by atomic mass is 16.5. The van der Waals surface area contributed by atoms with Crippen molar-refractivity contribution in [1.29, 1.82) is 0 Å². The van der Waals surface area contributed by atoms with Crippen molar-refractivity contribution < 1.29 is 24.2 Å². The van der Waals surface area contributed by atoms with E-state index in [1.807, 2.05) is 0 Å². The molecule has 0 bridgehead atoms. The number of amides is 1. The fraction of sp³-hybridized carbons (Fsp3) is 0.526. The molecule has 0 aromatic heterocycles. The maximum atomic E-state index is 12.7. The van der Waals surface area contributed by atoms with E-state index in [2.05, 4.69) is 0 Å². The third kappa shape index (κ3) is 3.67. The molecule has 1 aliphatic carbocycles. The zero-order valence-corrected chi connectivity index (χ0v) is 14.3. The Morgan fingerprint density at radius 1 is 1.24 bits per heavy atom. The van der Waals surface area contributed by atoms with E-state index in [-0.39, 0.29) is 30.3 Å². The lowest BCUT2D eigenvalue weighted by Gasteiger charge is -2.32. The van der Waals surface area contributed by atoms with Crippen molar-refractivity contribution in [3.8, 4) is 5.75 Å². The van der Waals surface area contributed by atoms with E-state index in [4.69, 9.17) is 4.74 Å². The number of nitrogens with zero attached hydrogens (tertiary/aromatic N) is 1. The van der Waals surface area contributed by atoms with E-state index >= 15 is 0 Å². The van der Waals surface area contributed by atoms with Gasteiger partial charge in [-0.3, -0.25) is 9.59 Å². The van der Waals surface area contributed by atoms with Gasteiger partial charge in [0.15, 0.2) is 12.4 Å². The van der Waals surface area contributed by atoms with Crippen LogP contribution >= 0.6 is 0 Å². The number of hydrogen-bond acceptors (Lipinski definition) is 4. The van der Waals surface area contributed by atoms with Gasteiger partial charge in [0.1, 0.15) is 11.8 Å². The average Bonchev–Trinajstić information content (AvgIpc) is 3.00. The predicted molar refractivity (Wildman–Crippen MR) is 90.6 cm³/mol. The van der Waals surface area contributed by atoms with Gasteiger partial charge in [0.2, 0.25) is 0 Å². The first kappa shape index (κ1) is 17.5. The molecule has 1 aromatic rings. The van der Waals surface area contributed by atoms with Crippen molar-refractivity contribution in [3.05, 3.63) is 29.8 Å². The van der Waals surface area contributed by atoms with Gasteiger partial charge in [-0.25, -0.2) is 4.79 Å². The molecule has 3 rings (SSSR count). The Kier molecular flexibility index (Phi) is 5.06. The molecule has 1 saturated heterocycles. The monoisotopic (exact) mass is 345 g/mol. The number of aliphatic carboxylic acids is 1. The molecule has 1 amide bonds. The molecular formula is C19H23NO5. The van der Waals surface area contributed by atoms with Crippen LogP contribution in [0.1, 0.15) is 49.4 Å². The molecule has 25 heavy (non-hydrogen) atoms. The smallest absolute Gasteiger partial charge is 0.326 e. The maximum absolute atomic E-state index is 12.7. The van der Waals surface area contributed by atoms with Crippen molar-refractivity contribution in [2.75, 3.05) is 6.61 Å². The molecular weight excluding hydrogens is 322 g/mol. The number of carbonyl (C=O) groups excluding carboxylic acids is 2. The maximum Gasteiger partial charge on any atom is 0.326 e. The molecule has 1 aromatic carbocycles. The van der Waals surface area contributed by atoms with Gasteiger partial charge in [-0.15, -0.1) is 0 Å². The molecule has 2 aliphatic rings. The van der Waals surface area contributed by atoms with E-state index in [0.717, 1.165) is 25.7 Å². The number of ketones is 1. The number of carboxylic acids is 1. The lowest BCUT2D eigenvalue weighted by Crippen LogP contribution is -2.48. The van der Waals surface area contributed by atoms with E-state index in [9.17, 15) is 19.5 Å². The molecule has 0 radical (unpaired) electrons. The number of ether oxygens (including phenoxy) is 1. The molecule has 0 unspecified atom stereocenters. The zero-order valence-electron chi connectivity index (χ0n) is 14.3. The number of carboxylic acid groups (broad SMARTS) is 1. The summed E-state index contributed by atoms with van der Waals surface area (Å²) in [6, 6.07) is 5.91. The Balaban J connectivity index is 1.69. The molecule has 1 aliphatic heterocycles. The third-order valence-electron chi connectivity index (χ3n) is 5.26.